The van der Waals surface area contributed by atoms with Gasteiger partial charge in [0.15, 0.2) is 0 Å². The molecular weight excluding hydrogens is 202 g/mol. The van der Waals surface area contributed by atoms with Crippen LogP contribution in [0.3, 0.4) is 0 Å². The number of methoxy groups -OCH3 is 1. The minimum Gasteiger partial charge on any atom is -0.383 e. The second-order valence-corrected chi connectivity index (χ2v) is 3.85. The maximum Gasteiger partial charge on any atom is 0.129 e. The second kappa shape index (κ2) is 7.17. The normalized spacial score (nSPS) is 12.4. The van der Waals surface area contributed by atoms with Gasteiger partial charge in [-0.05, 0) is 12.8 Å². The molecule has 0 amide bonds. The molecule has 4 heteroatoms. The lowest BCUT2D eigenvalue weighted by molar-refractivity contribution is 0.184. The van der Waals surface area contributed by atoms with E-state index >= 15 is 0 Å². The average molecular weight is 223 g/mol. The molecule has 0 aliphatic carbocycles. The zero-order valence-corrected chi connectivity index (χ0v) is 10.4. The van der Waals surface area contributed by atoms with Gasteiger partial charge in [0, 0.05) is 18.9 Å². The van der Waals surface area contributed by atoms with E-state index < -0.39 is 0 Å². The Morgan fingerprint density at radius 3 is 2.81 bits per heavy atom. The molecule has 4 nitrogen and oxygen atoms in total. The number of hydrogen-bond acceptors (Lipinski definition) is 4. The molecule has 0 saturated carbocycles. The molecule has 0 aromatic carbocycles. The molecule has 0 aliphatic rings. The number of hydrogen-bond donors (Lipinski definition) is 1. The fraction of sp³-hybridized carbons (Fsp3) is 0.667. The number of nitrogens with zero attached hydrogens (tertiary/aromatic N) is 2. The number of nitrogens with one attached hydrogen (secondary N) is 1. The molecule has 1 heterocycles. The van der Waals surface area contributed by atoms with Crippen LogP contribution < -0.4 is 5.32 Å². The van der Waals surface area contributed by atoms with E-state index in [-0.39, 0.29) is 0 Å². The first kappa shape index (κ1) is 12.9. The van der Waals surface area contributed by atoms with Gasteiger partial charge in [0.25, 0.3) is 0 Å². The number of rotatable bonds is 7. The molecule has 1 N–H and O–H groups in total. The Morgan fingerprint density at radius 1 is 1.38 bits per heavy atom. The van der Waals surface area contributed by atoms with Gasteiger partial charge < -0.3 is 10.1 Å². The fourth-order valence-electron chi connectivity index (χ4n) is 1.54. The third kappa shape index (κ3) is 4.14. The molecule has 0 spiro atoms. The van der Waals surface area contributed by atoms with Crippen molar-refractivity contribution in [2.24, 2.45) is 0 Å². The Hall–Kier alpha value is -1.16. The third-order valence-corrected chi connectivity index (χ3v) is 2.44. The van der Waals surface area contributed by atoms with Crippen LogP contribution in [0.25, 0.3) is 0 Å². The summed E-state index contributed by atoms with van der Waals surface area (Å²) in [5, 5.41) is 3.35. The van der Waals surface area contributed by atoms with Crippen molar-refractivity contribution in [3.8, 4) is 0 Å². The summed E-state index contributed by atoms with van der Waals surface area (Å²) in [6, 6.07) is 2.33. The molecule has 1 aromatic rings. The summed E-state index contributed by atoms with van der Waals surface area (Å²) in [6.45, 7) is 4.98. The van der Waals surface area contributed by atoms with E-state index in [4.69, 9.17) is 4.74 Å². The van der Waals surface area contributed by atoms with Crippen molar-refractivity contribution in [3.63, 3.8) is 0 Å². The second-order valence-electron chi connectivity index (χ2n) is 3.85. The van der Waals surface area contributed by atoms with Gasteiger partial charge in [-0.1, -0.05) is 20.3 Å². The van der Waals surface area contributed by atoms with E-state index in [0.29, 0.717) is 12.6 Å². The molecule has 16 heavy (non-hydrogen) atoms. The molecular formula is C12H21N3O. The van der Waals surface area contributed by atoms with Gasteiger partial charge in [0.2, 0.25) is 0 Å². The maximum atomic E-state index is 5.14. The average Bonchev–Trinajstić information content (AvgIpc) is 2.29. The highest BCUT2D eigenvalue weighted by Gasteiger charge is 2.06. The fourth-order valence-corrected chi connectivity index (χ4v) is 1.54. The Balaban J connectivity index is 2.60. The Morgan fingerprint density at radius 2 is 2.19 bits per heavy atom. The maximum absolute atomic E-state index is 5.14. The van der Waals surface area contributed by atoms with Crippen LogP contribution in [0.4, 0.5) is 5.82 Å². The molecule has 1 rings (SSSR count). The largest absolute Gasteiger partial charge is 0.383 e. The van der Waals surface area contributed by atoms with Crippen molar-refractivity contribution in [2.45, 2.75) is 39.2 Å². The van der Waals surface area contributed by atoms with Crippen LogP contribution >= 0.6 is 0 Å². The first-order valence-electron chi connectivity index (χ1n) is 5.86. The summed E-state index contributed by atoms with van der Waals surface area (Å²) in [7, 11) is 1.72. The molecule has 1 unspecified atom stereocenters. The predicted molar refractivity (Wildman–Crippen MR) is 65.6 cm³/mol. The topological polar surface area (TPSA) is 47.0 Å². The number of ether oxygens (including phenoxy) is 1. The zero-order chi connectivity index (χ0) is 11.8. The van der Waals surface area contributed by atoms with Crippen LogP contribution in [-0.2, 0) is 11.2 Å². The minimum absolute atomic E-state index is 0.314. The van der Waals surface area contributed by atoms with Gasteiger partial charge in [-0.3, -0.25) is 0 Å². The summed E-state index contributed by atoms with van der Waals surface area (Å²) >= 11 is 0. The van der Waals surface area contributed by atoms with E-state index in [1.165, 1.54) is 0 Å². The van der Waals surface area contributed by atoms with Crippen molar-refractivity contribution in [1.29, 1.82) is 0 Å². The van der Waals surface area contributed by atoms with Gasteiger partial charge in [0.1, 0.15) is 12.1 Å². The summed E-state index contributed by atoms with van der Waals surface area (Å²) in [4.78, 5) is 8.44. The summed E-state index contributed by atoms with van der Waals surface area (Å²) in [6.07, 6.45) is 4.73. The lowest BCUT2D eigenvalue weighted by Gasteiger charge is -2.16. The first-order chi connectivity index (χ1) is 7.80. The highest BCUT2D eigenvalue weighted by molar-refractivity contribution is 5.36. The Kier molecular flexibility index (Phi) is 5.78. The van der Waals surface area contributed by atoms with Gasteiger partial charge in [-0.2, -0.15) is 0 Å². The van der Waals surface area contributed by atoms with Crippen molar-refractivity contribution >= 4 is 5.82 Å². The summed E-state index contributed by atoms with van der Waals surface area (Å²) in [5.74, 6) is 0.891. The van der Waals surface area contributed by atoms with Crippen molar-refractivity contribution in [1.82, 2.24) is 9.97 Å². The monoisotopic (exact) mass is 223 g/mol. The highest BCUT2D eigenvalue weighted by Crippen LogP contribution is 2.08. The number of anilines is 1. The van der Waals surface area contributed by atoms with Crippen molar-refractivity contribution < 1.29 is 4.74 Å². The smallest absolute Gasteiger partial charge is 0.129 e. The molecule has 1 aromatic heterocycles. The van der Waals surface area contributed by atoms with Gasteiger partial charge in [-0.15, -0.1) is 0 Å². The Bertz CT molecular complexity index is 304. The quantitative estimate of drug-likeness (QED) is 0.770. The molecule has 0 radical (unpaired) electrons. The van der Waals surface area contributed by atoms with Crippen LogP contribution in [0, 0.1) is 0 Å². The molecule has 0 saturated heterocycles. The van der Waals surface area contributed by atoms with Gasteiger partial charge >= 0.3 is 0 Å². The molecule has 0 fully saturated rings. The van der Waals surface area contributed by atoms with E-state index in [1.807, 2.05) is 6.07 Å². The van der Waals surface area contributed by atoms with Gasteiger partial charge in [-0.25, -0.2) is 9.97 Å². The zero-order valence-electron chi connectivity index (χ0n) is 10.4. The van der Waals surface area contributed by atoms with Crippen LogP contribution in [0.15, 0.2) is 12.4 Å². The predicted octanol–water partition coefficient (Wildman–Crippen LogP) is 2.27. The third-order valence-electron chi connectivity index (χ3n) is 2.44. The standard InChI is InChI=1S/C12H21N3O/c1-4-6-11-7-12(14-9-13-11)15-10(5-2)8-16-3/h7,9-10H,4-6,8H2,1-3H3,(H,13,14,15). The first-order valence-corrected chi connectivity index (χ1v) is 5.86. The van der Waals surface area contributed by atoms with Gasteiger partial charge in [0.05, 0.1) is 12.6 Å². The Labute approximate surface area is 97.5 Å². The summed E-state index contributed by atoms with van der Waals surface area (Å²) in [5.41, 5.74) is 1.09. The molecule has 0 bridgehead atoms. The van der Waals surface area contributed by atoms with E-state index in [2.05, 4.69) is 29.1 Å². The van der Waals surface area contributed by atoms with Crippen LogP contribution in [0.5, 0.6) is 0 Å². The minimum atomic E-state index is 0.314. The molecule has 1 atom stereocenters. The number of aryl methyl sites for hydroxylation is 1. The number of aromatic nitrogens is 2. The lowest BCUT2D eigenvalue weighted by atomic mass is 10.2. The highest BCUT2D eigenvalue weighted by atomic mass is 16.5. The van der Waals surface area contributed by atoms with Crippen LogP contribution in [0.1, 0.15) is 32.4 Å². The van der Waals surface area contributed by atoms with E-state index in [0.717, 1.165) is 30.8 Å². The van der Waals surface area contributed by atoms with Crippen LogP contribution in [0.2, 0.25) is 0 Å². The lowest BCUT2D eigenvalue weighted by Crippen LogP contribution is -2.24. The molecule has 90 valence electrons. The van der Waals surface area contributed by atoms with Crippen LogP contribution in [-0.4, -0.2) is 29.7 Å². The van der Waals surface area contributed by atoms with E-state index in [9.17, 15) is 0 Å². The summed E-state index contributed by atoms with van der Waals surface area (Å²) < 4.78 is 5.14. The van der Waals surface area contributed by atoms with Crippen molar-refractivity contribution in [3.05, 3.63) is 18.1 Å². The molecule has 0 aliphatic heterocycles. The van der Waals surface area contributed by atoms with E-state index in [1.54, 1.807) is 13.4 Å². The van der Waals surface area contributed by atoms with Crippen molar-refractivity contribution in [2.75, 3.05) is 19.0 Å². The SMILES string of the molecule is CCCc1cc(NC(CC)COC)ncn1.